The molecule has 1 aliphatic rings. The van der Waals surface area contributed by atoms with Crippen LogP contribution in [0.2, 0.25) is 0 Å². The molecule has 0 saturated heterocycles. The Hall–Kier alpha value is -2.39. The minimum atomic E-state index is -1.57. The number of nitrogens with one attached hydrogen (secondary N) is 1. The lowest BCUT2D eigenvalue weighted by Crippen LogP contribution is -2.42. The summed E-state index contributed by atoms with van der Waals surface area (Å²) in [6.45, 7) is 0.674. The number of amidine groups is 1. The first kappa shape index (κ1) is 19.4. The van der Waals surface area contributed by atoms with E-state index >= 15 is 0 Å². The number of aromatic nitrogens is 1. The predicted octanol–water partition coefficient (Wildman–Crippen LogP) is 3.10. The molecule has 6 nitrogen and oxygen atoms in total. The van der Waals surface area contributed by atoms with Crippen molar-refractivity contribution in [1.29, 1.82) is 0 Å². The standard InChI is InChI=1S/C18H17BrF2N4O2/c1-10-4-11(19)6-23-16(10)17(26)24-12-2-3-14(21)13(5-12)18(8-20)9-27-7-15(22)25-18/h2-6H,7-9H2,1H3,(H2,22,25)(H,24,26). The van der Waals surface area contributed by atoms with Crippen molar-refractivity contribution in [3.05, 3.63) is 57.6 Å². The van der Waals surface area contributed by atoms with E-state index in [1.165, 1.54) is 18.3 Å². The maximum atomic E-state index is 14.4. The number of hydrogen-bond donors (Lipinski definition) is 2. The largest absolute Gasteiger partial charge is 0.385 e. The zero-order valence-corrected chi connectivity index (χ0v) is 16.0. The molecule has 1 atom stereocenters. The summed E-state index contributed by atoms with van der Waals surface area (Å²) in [5, 5.41) is 2.65. The summed E-state index contributed by atoms with van der Waals surface area (Å²) in [5.74, 6) is -1.04. The van der Waals surface area contributed by atoms with E-state index in [0.29, 0.717) is 5.56 Å². The molecule has 0 radical (unpaired) electrons. The fourth-order valence-electron chi connectivity index (χ4n) is 2.87. The number of amides is 1. The monoisotopic (exact) mass is 438 g/mol. The second kappa shape index (κ2) is 7.69. The Morgan fingerprint density at radius 3 is 2.89 bits per heavy atom. The predicted molar refractivity (Wildman–Crippen MR) is 101 cm³/mol. The maximum Gasteiger partial charge on any atom is 0.274 e. The molecule has 142 valence electrons. The zero-order chi connectivity index (χ0) is 19.6. The normalized spacial score (nSPS) is 19.5. The summed E-state index contributed by atoms with van der Waals surface area (Å²) < 4.78 is 34.2. The van der Waals surface area contributed by atoms with E-state index in [2.05, 4.69) is 31.2 Å². The van der Waals surface area contributed by atoms with Gasteiger partial charge in [0.05, 0.1) is 6.61 Å². The summed E-state index contributed by atoms with van der Waals surface area (Å²) in [7, 11) is 0. The fourth-order valence-corrected chi connectivity index (χ4v) is 3.32. The number of nitrogens with zero attached hydrogens (tertiary/aromatic N) is 2. The van der Waals surface area contributed by atoms with E-state index in [1.807, 2.05) is 0 Å². The van der Waals surface area contributed by atoms with E-state index in [0.717, 1.165) is 10.5 Å². The summed E-state index contributed by atoms with van der Waals surface area (Å²) in [5.41, 5.74) is 5.23. The molecule has 0 fully saturated rings. The Morgan fingerprint density at radius 2 is 2.22 bits per heavy atom. The van der Waals surface area contributed by atoms with Crippen LogP contribution in [0.1, 0.15) is 21.6 Å². The molecule has 1 amide bonds. The van der Waals surface area contributed by atoms with Crippen molar-refractivity contribution in [2.75, 3.05) is 25.2 Å². The molecule has 1 aromatic carbocycles. The Balaban J connectivity index is 1.93. The van der Waals surface area contributed by atoms with Gasteiger partial charge in [0.15, 0.2) is 0 Å². The number of carbonyl (C=O) groups is 1. The highest BCUT2D eigenvalue weighted by Crippen LogP contribution is 2.33. The van der Waals surface area contributed by atoms with Gasteiger partial charge < -0.3 is 15.8 Å². The molecule has 2 aromatic rings. The van der Waals surface area contributed by atoms with Gasteiger partial charge in [0, 0.05) is 21.9 Å². The molecule has 27 heavy (non-hydrogen) atoms. The van der Waals surface area contributed by atoms with Crippen molar-refractivity contribution in [1.82, 2.24) is 4.98 Å². The second-order valence-electron chi connectivity index (χ2n) is 6.23. The first-order valence-corrected chi connectivity index (χ1v) is 8.85. The van der Waals surface area contributed by atoms with E-state index in [-0.39, 0.29) is 36.0 Å². The number of ether oxygens (including phenoxy) is 1. The number of nitrogens with two attached hydrogens (primary N) is 1. The highest BCUT2D eigenvalue weighted by molar-refractivity contribution is 9.10. The number of aryl methyl sites for hydroxylation is 1. The number of benzene rings is 1. The van der Waals surface area contributed by atoms with Crippen molar-refractivity contribution in [2.24, 2.45) is 10.7 Å². The van der Waals surface area contributed by atoms with Crippen molar-refractivity contribution >= 4 is 33.4 Å². The third kappa shape index (κ3) is 3.98. The topological polar surface area (TPSA) is 89.6 Å². The molecule has 0 saturated carbocycles. The van der Waals surface area contributed by atoms with Gasteiger partial charge in [-0.25, -0.2) is 13.8 Å². The van der Waals surface area contributed by atoms with Crippen LogP contribution in [0.15, 0.2) is 39.9 Å². The second-order valence-corrected chi connectivity index (χ2v) is 7.14. The number of anilines is 1. The van der Waals surface area contributed by atoms with Crippen LogP contribution in [0, 0.1) is 12.7 Å². The number of alkyl halides is 1. The van der Waals surface area contributed by atoms with Crippen LogP contribution in [0.3, 0.4) is 0 Å². The molecule has 0 aliphatic carbocycles. The summed E-state index contributed by atoms with van der Waals surface area (Å²) in [6.07, 6.45) is 1.51. The molecule has 3 N–H and O–H groups in total. The Bertz CT molecular complexity index is 922. The zero-order valence-electron chi connectivity index (χ0n) is 14.4. The first-order chi connectivity index (χ1) is 12.8. The molecule has 9 heteroatoms. The van der Waals surface area contributed by atoms with Crippen molar-refractivity contribution in [3.8, 4) is 0 Å². The quantitative estimate of drug-likeness (QED) is 0.767. The van der Waals surface area contributed by atoms with E-state index < -0.39 is 23.9 Å². The third-order valence-corrected chi connectivity index (χ3v) is 4.59. The molecular formula is C18H17BrF2N4O2. The van der Waals surface area contributed by atoms with Gasteiger partial charge in [-0.2, -0.15) is 0 Å². The van der Waals surface area contributed by atoms with Crippen LogP contribution in [0.4, 0.5) is 14.5 Å². The lowest BCUT2D eigenvalue weighted by molar-refractivity contribution is 0.0809. The number of pyridine rings is 1. The summed E-state index contributed by atoms with van der Waals surface area (Å²) in [4.78, 5) is 20.7. The van der Waals surface area contributed by atoms with Gasteiger partial charge in [0.25, 0.3) is 5.91 Å². The summed E-state index contributed by atoms with van der Waals surface area (Å²) in [6, 6.07) is 5.62. The van der Waals surface area contributed by atoms with Crippen LogP contribution in [0.5, 0.6) is 0 Å². The molecular weight excluding hydrogens is 422 g/mol. The van der Waals surface area contributed by atoms with E-state index in [9.17, 15) is 13.6 Å². The SMILES string of the molecule is Cc1cc(Br)cnc1C(=O)Nc1ccc(F)c(C2(CF)COCC(N)=N2)c1. The van der Waals surface area contributed by atoms with Gasteiger partial charge in [-0.1, -0.05) is 0 Å². The number of hydrogen-bond acceptors (Lipinski definition) is 5. The Morgan fingerprint density at radius 1 is 1.44 bits per heavy atom. The Kier molecular flexibility index (Phi) is 5.52. The van der Waals surface area contributed by atoms with E-state index in [4.69, 9.17) is 10.5 Å². The molecule has 3 rings (SSSR count). The van der Waals surface area contributed by atoms with Crippen molar-refractivity contribution in [3.63, 3.8) is 0 Å². The smallest absolute Gasteiger partial charge is 0.274 e. The van der Waals surface area contributed by atoms with Gasteiger partial charge in [0.2, 0.25) is 0 Å². The van der Waals surface area contributed by atoms with Crippen molar-refractivity contribution in [2.45, 2.75) is 12.5 Å². The van der Waals surface area contributed by atoms with E-state index in [1.54, 1.807) is 13.0 Å². The van der Waals surface area contributed by atoms with Gasteiger partial charge >= 0.3 is 0 Å². The van der Waals surface area contributed by atoms with Gasteiger partial charge in [-0.3, -0.25) is 9.79 Å². The van der Waals surface area contributed by atoms with Crippen LogP contribution in [-0.4, -0.2) is 36.6 Å². The van der Waals surface area contributed by atoms with Gasteiger partial charge in [-0.15, -0.1) is 0 Å². The number of aliphatic imine (C=N–C) groups is 1. The first-order valence-electron chi connectivity index (χ1n) is 8.06. The van der Waals surface area contributed by atoms with Crippen molar-refractivity contribution < 1.29 is 18.3 Å². The molecule has 0 bridgehead atoms. The minimum absolute atomic E-state index is 0.0362. The van der Waals surface area contributed by atoms with Crippen LogP contribution in [-0.2, 0) is 10.3 Å². The molecule has 2 heterocycles. The molecule has 1 aromatic heterocycles. The molecule has 0 spiro atoms. The number of rotatable bonds is 4. The maximum absolute atomic E-state index is 14.4. The fraction of sp³-hybridized carbons (Fsp3) is 0.278. The number of halogens is 3. The molecule has 1 aliphatic heterocycles. The van der Waals surface area contributed by atoms with Gasteiger partial charge in [0.1, 0.15) is 36.2 Å². The lowest BCUT2D eigenvalue weighted by atomic mass is 9.91. The number of carbonyl (C=O) groups excluding carboxylic acids is 1. The third-order valence-electron chi connectivity index (χ3n) is 4.16. The average molecular weight is 439 g/mol. The van der Waals surface area contributed by atoms with Crippen LogP contribution >= 0.6 is 15.9 Å². The highest BCUT2D eigenvalue weighted by atomic mass is 79.9. The van der Waals surface area contributed by atoms with Gasteiger partial charge in [-0.05, 0) is 52.7 Å². The highest BCUT2D eigenvalue weighted by Gasteiger charge is 2.38. The summed E-state index contributed by atoms with van der Waals surface area (Å²) >= 11 is 3.29. The Labute approximate surface area is 163 Å². The molecule has 1 unspecified atom stereocenters. The van der Waals surface area contributed by atoms with Crippen LogP contribution < -0.4 is 11.1 Å². The average Bonchev–Trinajstić information content (AvgIpc) is 2.63. The van der Waals surface area contributed by atoms with Crippen LogP contribution in [0.25, 0.3) is 0 Å². The minimum Gasteiger partial charge on any atom is -0.385 e. The lowest BCUT2D eigenvalue weighted by Gasteiger charge is -2.31.